The highest BCUT2D eigenvalue weighted by Crippen LogP contribution is 2.14. The van der Waals surface area contributed by atoms with Crippen LogP contribution in [-0.2, 0) is 9.68 Å². The van der Waals surface area contributed by atoms with Crippen molar-refractivity contribution in [3.8, 4) is 5.75 Å². The Bertz CT molecular complexity index is 685. The summed E-state index contributed by atoms with van der Waals surface area (Å²) in [6.45, 7) is 2.26. The van der Waals surface area contributed by atoms with Crippen LogP contribution in [0.25, 0.3) is 0 Å². The Balaban J connectivity index is 2.11. The molecule has 6 heteroatoms. The fourth-order valence-corrected chi connectivity index (χ4v) is 1.96. The molecule has 0 unspecified atom stereocenters. The van der Waals surface area contributed by atoms with Gasteiger partial charge < -0.3 is 9.57 Å². The molecule has 0 aliphatic carbocycles. The smallest absolute Gasteiger partial charge is 0.366 e. The highest BCUT2D eigenvalue weighted by atomic mass is 17.0. The number of unbranched alkanes of at least 4 members (excludes halogenated alkanes) is 1. The van der Waals surface area contributed by atoms with Gasteiger partial charge in [0, 0.05) is 5.56 Å². The van der Waals surface area contributed by atoms with Crippen molar-refractivity contribution in [1.82, 2.24) is 5.23 Å². The average Bonchev–Trinajstić information content (AvgIpc) is 2.67. The highest BCUT2D eigenvalue weighted by Gasteiger charge is 2.22. The van der Waals surface area contributed by atoms with Gasteiger partial charge in [0.25, 0.3) is 0 Å². The monoisotopic (exact) mass is 343 g/mol. The number of benzene rings is 2. The van der Waals surface area contributed by atoms with Crippen LogP contribution < -0.4 is 4.74 Å². The van der Waals surface area contributed by atoms with Crippen molar-refractivity contribution in [2.24, 2.45) is 0 Å². The molecule has 0 saturated carbocycles. The molecule has 2 aromatic carbocycles. The summed E-state index contributed by atoms with van der Waals surface area (Å²) >= 11 is 0. The number of rotatable bonds is 7. The zero-order chi connectivity index (χ0) is 18.1. The van der Waals surface area contributed by atoms with Gasteiger partial charge in [0.2, 0.25) is 0 Å². The summed E-state index contributed by atoms with van der Waals surface area (Å²) in [5.74, 6) is -0.616. The molecule has 0 saturated heterocycles. The first-order valence-electron chi connectivity index (χ1n) is 8.04. The number of nitrogens with zero attached hydrogens (tertiary/aromatic N) is 1. The van der Waals surface area contributed by atoms with Gasteiger partial charge in [0.15, 0.2) is 0 Å². The van der Waals surface area contributed by atoms with Gasteiger partial charge in [0.05, 0.1) is 19.3 Å². The van der Waals surface area contributed by atoms with Crippen molar-refractivity contribution in [2.75, 3.05) is 13.7 Å². The Morgan fingerprint density at radius 1 is 0.960 bits per heavy atom. The second-order valence-electron chi connectivity index (χ2n) is 5.22. The summed E-state index contributed by atoms with van der Waals surface area (Å²) in [4.78, 5) is 35.3. The Kier molecular flexibility index (Phi) is 6.98. The van der Waals surface area contributed by atoms with Crippen LogP contribution in [0.2, 0.25) is 0 Å². The summed E-state index contributed by atoms with van der Waals surface area (Å²) in [5.41, 5.74) is 0.646. The molecule has 0 radical (unpaired) electrons. The van der Waals surface area contributed by atoms with E-state index in [1.807, 2.05) is 6.92 Å². The van der Waals surface area contributed by atoms with Crippen molar-refractivity contribution >= 4 is 11.9 Å². The number of hydrogen-bond acceptors (Lipinski definition) is 5. The zero-order valence-electron chi connectivity index (χ0n) is 14.3. The zero-order valence-corrected chi connectivity index (χ0v) is 14.3. The number of ether oxygens (including phenoxy) is 1. The third-order valence-electron chi connectivity index (χ3n) is 3.38. The Morgan fingerprint density at radius 2 is 1.64 bits per heavy atom. The average molecular weight is 343 g/mol. The SMILES string of the molecule is CCCCON(OC(=O)c1ccc(OC)cc1)C(=O)c1ccccc1. The molecule has 0 aliphatic heterocycles. The molecule has 0 atom stereocenters. The van der Waals surface area contributed by atoms with E-state index in [0.717, 1.165) is 12.8 Å². The summed E-state index contributed by atoms with van der Waals surface area (Å²) in [6.07, 6.45) is 1.62. The van der Waals surface area contributed by atoms with E-state index in [9.17, 15) is 9.59 Å². The lowest BCUT2D eigenvalue weighted by atomic mass is 10.2. The third kappa shape index (κ3) is 5.32. The van der Waals surface area contributed by atoms with Crippen molar-refractivity contribution in [1.29, 1.82) is 0 Å². The van der Waals surface area contributed by atoms with Crippen LogP contribution in [0.5, 0.6) is 5.75 Å². The Labute approximate surface area is 146 Å². The molecular weight excluding hydrogens is 322 g/mol. The number of hydrogen-bond donors (Lipinski definition) is 0. The van der Waals surface area contributed by atoms with E-state index >= 15 is 0 Å². The van der Waals surface area contributed by atoms with Gasteiger partial charge in [-0.05, 0) is 48.0 Å². The molecule has 2 rings (SSSR count). The highest BCUT2D eigenvalue weighted by molar-refractivity contribution is 5.95. The number of methoxy groups -OCH3 is 1. The van der Waals surface area contributed by atoms with Crippen molar-refractivity contribution in [3.63, 3.8) is 0 Å². The summed E-state index contributed by atoms with van der Waals surface area (Å²) in [5, 5.41) is 0.650. The van der Waals surface area contributed by atoms with Gasteiger partial charge in [-0.3, -0.25) is 4.79 Å². The molecule has 132 valence electrons. The second kappa shape index (κ2) is 9.44. The van der Waals surface area contributed by atoms with E-state index in [2.05, 4.69) is 0 Å². The van der Waals surface area contributed by atoms with E-state index in [0.29, 0.717) is 16.5 Å². The minimum atomic E-state index is -0.691. The van der Waals surface area contributed by atoms with Gasteiger partial charge in [-0.25, -0.2) is 9.63 Å². The number of hydroxylamine groups is 2. The summed E-state index contributed by atoms with van der Waals surface area (Å²) in [7, 11) is 1.54. The first-order chi connectivity index (χ1) is 12.2. The first-order valence-corrected chi connectivity index (χ1v) is 8.04. The fourth-order valence-electron chi connectivity index (χ4n) is 1.96. The van der Waals surface area contributed by atoms with E-state index < -0.39 is 11.9 Å². The summed E-state index contributed by atoms with van der Waals surface area (Å²) in [6, 6.07) is 14.9. The van der Waals surface area contributed by atoms with Gasteiger partial charge in [-0.15, -0.1) is 0 Å². The van der Waals surface area contributed by atoms with Crippen LogP contribution in [0.3, 0.4) is 0 Å². The molecule has 0 spiro atoms. The molecule has 0 aromatic heterocycles. The normalized spacial score (nSPS) is 10.2. The van der Waals surface area contributed by atoms with Crippen molar-refractivity contribution < 1.29 is 24.0 Å². The number of carbonyl (C=O) groups is 2. The number of carbonyl (C=O) groups excluding carboxylic acids is 2. The van der Waals surface area contributed by atoms with Crippen LogP contribution in [0.15, 0.2) is 54.6 Å². The second-order valence-corrected chi connectivity index (χ2v) is 5.22. The first kappa shape index (κ1) is 18.5. The lowest BCUT2D eigenvalue weighted by Crippen LogP contribution is -2.34. The van der Waals surface area contributed by atoms with Gasteiger partial charge in [-0.2, -0.15) is 0 Å². The molecule has 1 amide bonds. The van der Waals surface area contributed by atoms with Crippen LogP contribution in [0.4, 0.5) is 0 Å². The van der Waals surface area contributed by atoms with Gasteiger partial charge >= 0.3 is 11.9 Å². The molecular formula is C19H21NO5. The van der Waals surface area contributed by atoms with E-state index in [4.69, 9.17) is 14.4 Å². The Hall–Kier alpha value is -2.86. The lowest BCUT2D eigenvalue weighted by molar-refractivity contribution is -0.293. The van der Waals surface area contributed by atoms with Crippen LogP contribution in [0.1, 0.15) is 40.5 Å². The topological polar surface area (TPSA) is 65.1 Å². The Morgan fingerprint density at radius 3 is 2.24 bits per heavy atom. The van der Waals surface area contributed by atoms with Crippen LogP contribution in [-0.4, -0.2) is 30.8 Å². The molecule has 25 heavy (non-hydrogen) atoms. The fraction of sp³-hybridized carbons (Fsp3) is 0.263. The minimum Gasteiger partial charge on any atom is -0.497 e. The minimum absolute atomic E-state index is 0.269. The predicted octanol–water partition coefficient (Wildman–Crippen LogP) is 3.64. The van der Waals surface area contributed by atoms with Crippen molar-refractivity contribution in [3.05, 3.63) is 65.7 Å². The van der Waals surface area contributed by atoms with Crippen LogP contribution >= 0.6 is 0 Å². The maximum Gasteiger partial charge on any atom is 0.366 e. The molecule has 0 bridgehead atoms. The molecule has 2 aromatic rings. The lowest BCUT2D eigenvalue weighted by Gasteiger charge is -2.20. The van der Waals surface area contributed by atoms with Crippen molar-refractivity contribution in [2.45, 2.75) is 19.8 Å². The largest absolute Gasteiger partial charge is 0.497 e. The quantitative estimate of drug-likeness (QED) is 0.567. The molecule has 0 fully saturated rings. The van der Waals surface area contributed by atoms with Gasteiger partial charge in [-0.1, -0.05) is 31.5 Å². The third-order valence-corrected chi connectivity index (χ3v) is 3.38. The van der Waals surface area contributed by atoms with Gasteiger partial charge in [0.1, 0.15) is 5.75 Å². The van der Waals surface area contributed by atoms with Crippen LogP contribution in [0, 0.1) is 0 Å². The van der Waals surface area contributed by atoms with E-state index in [1.165, 1.54) is 7.11 Å². The number of amides is 1. The predicted molar refractivity (Wildman–Crippen MR) is 91.9 cm³/mol. The molecule has 0 aliphatic rings. The maximum absolute atomic E-state index is 12.5. The van der Waals surface area contributed by atoms with E-state index in [-0.39, 0.29) is 12.2 Å². The molecule has 0 N–H and O–H groups in total. The molecule has 6 nitrogen and oxygen atoms in total. The van der Waals surface area contributed by atoms with E-state index in [1.54, 1.807) is 54.6 Å². The summed E-state index contributed by atoms with van der Waals surface area (Å²) < 4.78 is 5.05. The maximum atomic E-state index is 12.5. The molecule has 0 heterocycles. The standard InChI is InChI=1S/C19H21NO5/c1-3-4-14-24-20(18(21)15-8-6-5-7-9-15)25-19(22)16-10-12-17(23-2)13-11-16/h5-13H,3-4,14H2,1-2H3.